The van der Waals surface area contributed by atoms with E-state index in [1.165, 1.54) is 33.9 Å². The number of nitrogen functional groups attached to an aromatic ring is 2. The third kappa shape index (κ3) is 15.8. The number of allylic oxidation sites excluding steroid dienone is 4. The Bertz CT molecular complexity index is 2010. The Balaban J connectivity index is 0.000000341. The molecule has 0 aromatic carbocycles. The van der Waals surface area contributed by atoms with E-state index in [2.05, 4.69) is 29.9 Å². The van der Waals surface area contributed by atoms with Gasteiger partial charge >= 0.3 is 15.2 Å². The number of nitrogens with two attached hydrogens (primary N) is 2. The van der Waals surface area contributed by atoms with Gasteiger partial charge in [-0.1, -0.05) is 50.4 Å². The number of imidazole rings is 2. The number of hydrogen-bond donors (Lipinski definition) is 6. The van der Waals surface area contributed by atoms with Gasteiger partial charge in [0, 0.05) is 0 Å². The van der Waals surface area contributed by atoms with E-state index >= 15 is 0 Å². The van der Waals surface area contributed by atoms with Crippen molar-refractivity contribution in [2.75, 3.05) is 37.0 Å². The first-order valence-electron chi connectivity index (χ1n) is 16.1. The maximum Gasteiger partial charge on any atom is 0.328 e. The summed E-state index contributed by atoms with van der Waals surface area (Å²) in [6.07, 6.45) is 8.04. The van der Waals surface area contributed by atoms with Crippen molar-refractivity contribution in [2.45, 2.75) is 65.5 Å². The molecule has 2 atom stereocenters. The second-order valence-corrected chi connectivity index (χ2v) is 15.3. The van der Waals surface area contributed by atoms with Gasteiger partial charge in [-0.05, 0) is 25.7 Å². The zero-order valence-electron chi connectivity index (χ0n) is 29.0. The van der Waals surface area contributed by atoms with Crippen LogP contribution in [-0.2, 0) is 36.1 Å². The molecule has 2 unspecified atom stereocenters. The van der Waals surface area contributed by atoms with E-state index in [-0.39, 0.29) is 86.2 Å². The van der Waals surface area contributed by atoms with Crippen molar-refractivity contribution in [2.24, 2.45) is 0 Å². The van der Waals surface area contributed by atoms with Crippen molar-refractivity contribution in [3.63, 3.8) is 0 Å². The average Bonchev–Trinajstić information content (AvgIpc) is 3.65. The number of unbranched alkanes of at least 4 members (excludes halogenated alkanes) is 2. The fourth-order valence-corrected chi connectivity index (χ4v) is 6.40. The quantitative estimate of drug-likeness (QED) is 0.0335. The van der Waals surface area contributed by atoms with Gasteiger partial charge in [-0.25, -0.2) is 18.7 Å². The molecule has 4 aromatic heterocycles. The third-order valence-electron chi connectivity index (χ3n) is 6.71. The van der Waals surface area contributed by atoms with E-state index in [1.807, 2.05) is 13.8 Å². The normalized spacial score (nSPS) is 14.2. The second kappa shape index (κ2) is 22.2. The molecule has 0 saturated carbocycles. The molecule has 4 rings (SSSR count). The fraction of sp³-hybridized carbons (Fsp3) is 0.483. The molecule has 0 amide bonds. The highest BCUT2D eigenvalue weighted by Crippen LogP contribution is 2.43. The maximum absolute atomic E-state index is 14.1. The highest BCUT2D eigenvalue weighted by atomic mass is 35.5. The van der Waals surface area contributed by atoms with E-state index in [9.17, 15) is 32.5 Å². The van der Waals surface area contributed by atoms with Crippen molar-refractivity contribution in [1.29, 1.82) is 0 Å². The van der Waals surface area contributed by atoms with Crippen molar-refractivity contribution in [3.05, 3.63) is 52.0 Å². The number of hydrogen-bond acceptors (Lipinski definition) is 13. The molecule has 53 heavy (non-hydrogen) atoms. The molecule has 4 aromatic rings. The number of anilines is 2. The molecule has 8 N–H and O–H groups in total. The highest BCUT2D eigenvalue weighted by molar-refractivity contribution is 7.53. The Kier molecular flexibility index (Phi) is 18.9. The minimum Gasteiger partial charge on any atom is -0.483 e. The van der Waals surface area contributed by atoms with Gasteiger partial charge in [0.25, 0.3) is 12.0 Å². The van der Waals surface area contributed by atoms with Crippen LogP contribution in [0.4, 0.5) is 20.7 Å². The van der Waals surface area contributed by atoms with E-state index in [0.717, 1.165) is 12.8 Å². The molecular formula is C29H43ClF2N10O9P2. The Labute approximate surface area is 307 Å². The molecule has 0 spiro atoms. The van der Waals surface area contributed by atoms with Crippen molar-refractivity contribution in [1.82, 2.24) is 39.0 Å². The van der Waals surface area contributed by atoms with Crippen LogP contribution in [0.25, 0.3) is 22.3 Å². The number of H-pyrrole nitrogens is 1. The van der Waals surface area contributed by atoms with Crippen LogP contribution >= 0.6 is 26.8 Å². The largest absolute Gasteiger partial charge is 0.483 e. The van der Waals surface area contributed by atoms with Crippen LogP contribution in [0.5, 0.6) is 0 Å². The molecular weight excluding hydrogens is 768 g/mol. The Morgan fingerprint density at radius 3 is 1.81 bits per heavy atom. The predicted octanol–water partition coefficient (Wildman–Crippen LogP) is 4.96. The van der Waals surface area contributed by atoms with E-state index in [1.54, 1.807) is 0 Å². The van der Waals surface area contributed by atoms with Crippen LogP contribution in [0.2, 0.25) is 5.15 Å². The lowest BCUT2D eigenvalue weighted by Crippen LogP contribution is -2.12. The smallest absolute Gasteiger partial charge is 0.328 e. The highest BCUT2D eigenvalue weighted by Gasteiger charge is 2.19. The first kappa shape index (κ1) is 45.1. The number of aromatic amines is 1. The Hall–Kier alpha value is -4.10. The van der Waals surface area contributed by atoms with Crippen LogP contribution in [0, 0.1) is 0 Å². The van der Waals surface area contributed by atoms with Gasteiger partial charge in [-0.3, -0.25) is 23.7 Å². The van der Waals surface area contributed by atoms with Gasteiger partial charge in [-0.2, -0.15) is 15.0 Å². The van der Waals surface area contributed by atoms with Crippen LogP contribution in [-0.4, -0.2) is 85.9 Å². The monoisotopic (exact) mass is 810 g/mol. The topological polar surface area (TPSA) is 290 Å². The molecule has 0 fully saturated rings. The molecule has 0 radical (unpaired) electrons. The first-order valence-corrected chi connectivity index (χ1v) is 20.0. The molecule has 0 aliphatic rings. The van der Waals surface area contributed by atoms with Gasteiger partial charge < -0.3 is 44.5 Å². The zero-order valence-corrected chi connectivity index (χ0v) is 31.5. The molecule has 294 valence electrons. The summed E-state index contributed by atoms with van der Waals surface area (Å²) < 4.78 is 64.2. The zero-order chi connectivity index (χ0) is 39.6. The number of carbonyl (C=O) groups is 1. The first-order chi connectivity index (χ1) is 25.1. The summed E-state index contributed by atoms with van der Waals surface area (Å²) in [4.78, 5) is 61.2. The van der Waals surface area contributed by atoms with Gasteiger partial charge in [0.1, 0.15) is 17.2 Å². The summed E-state index contributed by atoms with van der Waals surface area (Å²) in [6.45, 7) is 3.72. The molecule has 4 heterocycles. The van der Waals surface area contributed by atoms with Crippen LogP contribution < -0.4 is 17.0 Å². The number of fused-ring (bicyclic) bond motifs is 2. The lowest BCUT2D eigenvalue weighted by molar-refractivity contribution is -0.122. The number of rotatable bonds is 18. The Morgan fingerprint density at radius 1 is 0.887 bits per heavy atom. The molecule has 0 aliphatic carbocycles. The summed E-state index contributed by atoms with van der Waals surface area (Å²) in [7, 11) is -7.39. The van der Waals surface area contributed by atoms with Gasteiger partial charge in [0.05, 0.1) is 51.3 Å². The molecule has 0 aliphatic heterocycles. The lowest BCUT2D eigenvalue weighted by Gasteiger charge is -2.10. The van der Waals surface area contributed by atoms with Crippen molar-refractivity contribution < 1.29 is 46.6 Å². The average molecular weight is 811 g/mol. The minimum atomic E-state index is -3.71. The number of nitrogens with one attached hydrogen (secondary N) is 1. The maximum atomic E-state index is 14.1. The van der Waals surface area contributed by atoms with Crippen molar-refractivity contribution in [3.8, 4) is 0 Å². The predicted molar refractivity (Wildman–Crippen MR) is 195 cm³/mol. The second-order valence-electron chi connectivity index (χ2n) is 11.0. The van der Waals surface area contributed by atoms with Crippen LogP contribution in [0.3, 0.4) is 0 Å². The van der Waals surface area contributed by atoms with Gasteiger partial charge in [0.2, 0.25) is 11.9 Å². The van der Waals surface area contributed by atoms with Gasteiger partial charge in [0.15, 0.2) is 22.0 Å². The summed E-state index contributed by atoms with van der Waals surface area (Å²) in [5.74, 6) is -1.17. The minimum absolute atomic E-state index is 0.0333. The fourth-order valence-electron chi connectivity index (χ4n) is 4.18. The summed E-state index contributed by atoms with van der Waals surface area (Å²) >= 11 is 5.91. The Morgan fingerprint density at radius 2 is 1.34 bits per heavy atom. The van der Waals surface area contributed by atoms with Crippen LogP contribution in [0.1, 0.15) is 52.4 Å². The summed E-state index contributed by atoms with van der Waals surface area (Å²) in [5.41, 5.74) is 11.4. The SMILES string of the molecule is CCCCOP(=O)(O)CC/C=C(/F)Cn1cnc2c(=O)[nH]c(N)nc21.CCCCOP(=O)(O)CC/C=C(/F)Cn1cnc2c(Cl)nc(N)nc21.O=CO. The van der Waals surface area contributed by atoms with Crippen molar-refractivity contribution >= 4 is 67.5 Å². The third-order valence-corrected chi connectivity index (χ3v) is 9.79. The summed E-state index contributed by atoms with van der Waals surface area (Å²) in [6, 6.07) is 0. The van der Waals surface area contributed by atoms with E-state index in [0.29, 0.717) is 24.0 Å². The molecule has 19 nitrogen and oxygen atoms in total. The molecule has 0 saturated heterocycles. The molecule has 0 bridgehead atoms. The van der Waals surface area contributed by atoms with Gasteiger partial charge in [-0.15, -0.1) is 0 Å². The van der Waals surface area contributed by atoms with E-state index < -0.39 is 32.4 Å². The standard InChI is InChI=1S/C14H20ClFN5O3P.C14H21FN5O4P.CH2O2/c1-2-3-6-24-25(22,23)7-4-5-10(16)8-21-9-18-11-12(15)19-14(17)20-13(11)21;1-2-3-6-24-25(22,23)7-4-5-10(15)8-20-9-17-11-12(20)18-14(16)19-13(11)21;2-1-3/h5,9H,2-4,6-8H2,1H3,(H,22,23)(H2,17,19,20);5,9H,2-4,6-8H2,1H3,(H,22,23)(H3,16,18,19,21);1H,(H,2,3)/b2*10-5+;. The number of aromatic nitrogens is 8. The lowest BCUT2D eigenvalue weighted by atomic mass is 10.4. The number of carboxylic acid groups (broad SMARTS) is 1. The van der Waals surface area contributed by atoms with E-state index in [4.69, 9.17) is 42.0 Å². The number of nitrogens with zero attached hydrogens (tertiary/aromatic N) is 7. The molecule has 24 heteroatoms. The number of halogens is 3. The summed E-state index contributed by atoms with van der Waals surface area (Å²) in [5, 5.41) is 6.98. The van der Waals surface area contributed by atoms with Crippen LogP contribution in [0.15, 0.2) is 41.3 Å².